The van der Waals surface area contributed by atoms with Crippen molar-refractivity contribution in [2.45, 2.75) is 6.04 Å². The van der Waals surface area contributed by atoms with Crippen molar-refractivity contribution in [2.24, 2.45) is 0 Å². The van der Waals surface area contributed by atoms with Crippen molar-refractivity contribution < 1.29 is 19.2 Å². The smallest absolute Gasteiger partial charge is 0.311 e. The van der Waals surface area contributed by atoms with E-state index in [0.717, 1.165) is 18.7 Å². The molecule has 0 spiro atoms. The highest BCUT2D eigenvalue weighted by Gasteiger charge is 2.23. The number of nitrogens with one attached hydrogen (secondary N) is 1. The van der Waals surface area contributed by atoms with E-state index in [0.29, 0.717) is 19.8 Å². The lowest BCUT2D eigenvalue weighted by atomic mass is 10.0. The van der Waals surface area contributed by atoms with Gasteiger partial charge in [0.15, 0.2) is 5.75 Å². The summed E-state index contributed by atoms with van der Waals surface area (Å²) in [5.74, 6) is -0.248. The molecule has 1 aliphatic heterocycles. The number of hydrogen-bond donors (Lipinski definition) is 1. The zero-order chi connectivity index (χ0) is 19.9. The lowest BCUT2D eigenvalue weighted by Gasteiger charge is -2.31. The van der Waals surface area contributed by atoms with Gasteiger partial charge >= 0.3 is 5.69 Å². The summed E-state index contributed by atoms with van der Waals surface area (Å²) in [6.07, 6.45) is 0. The van der Waals surface area contributed by atoms with Gasteiger partial charge < -0.3 is 14.8 Å². The van der Waals surface area contributed by atoms with Crippen molar-refractivity contribution in [1.29, 1.82) is 0 Å². The van der Waals surface area contributed by atoms with Gasteiger partial charge in [-0.3, -0.25) is 19.8 Å². The molecule has 0 aliphatic carbocycles. The van der Waals surface area contributed by atoms with Crippen molar-refractivity contribution in [3.8, 4) is 5.75 Å². The van der Waals surface area contributed by atoms with Crippen LogP contribution in [0.3, 0.4) is 0 Å². The third-order valence-corrected chi connectivity index (χ3v) is 4.69. The molecule has 0 radical (unpaired) electrons. The summed E-state index contributed by atoms with van der Waals surface area (Å²) in [4.78, 5) is 25.7. The number of nitro benzene ring substituents is 1. The van der Waals surface area contributed by atoms with E-state index in [-0.39, 0.29) is 28.9 Å². The molecule has 148 valence electrons. The highest BCUT2D eigenvalue weighted by atomic mass is 16.6. The summed E-state index contributed by atoms with van der Waals surface area (Å²) in [6, 6.07) is 13.6. The first-order valence-electron chi connectivity index (χ1n) is 9.07. The molecule has 1 atom stereocenters. The number of benzene rings is 2. The summed E-state index contributed by atoms with van der Waals surface area (Å²) >= 11 is 0. The number of rotatable bonds is 7. The molecule has 2 aromatic carbocycles. The SMILES string of the molecule is COc1ccc(C(=O)NC(CN2CCOCC2)c2ccccc2)cc1[N+](=O)[O-]. The van der Waals surface area contributed by atoms with Crippen molar-refractivity contribution in [1.82, 2.24) is 10.2 Å². The molecular formula is C20H23N3O5. The van der Waals surface area contributed by atoms with Crippen LogP contribution in [-0.2, 0) is 4.74 Å². The predicted octanol–water partition coefficient (Wildman–Crippen LogP) is 2.41. The van der Waals surface area contributed by atoms with Gasteiger partial charge in [0.2, 0.25) is 0 Å². The number of amides is 1. The van der Waals surface area contributed by atoms with Crippen LogP contribution in [-0.4, -0.2) is 55.7 Å². The number of nitro groups is 1. The summed E-state index contributed by atoms with van der Waals surface area (Å²) in [7, 11) is 1.36. The highest BCUT2D eigenvalue weighted by molar-refractivity contribution is 5.95. The van der Waals surface area contributed by atoms with Gasteiger partial charge in [-0.1, -0.05) is 30.3 Å². The number of ether oxygens (including phenoxy) is 2. The Kier molecular flexibility index (Phi) is 6.57. The molecule has 1 aliphatic rings. The summed E-state index contributed by atoms with van der Waals surface area (Å²) in [5.41, 5.74) is 0.959. The van der Waals surface area contributed by atoms with Crippen LogP contribution >= 0.6 is 0 Å². The minimum absolute atomic E-state index is 0.120. The molecule has 28 heavy (non-hydrogen) atoms. The Balaban J connectivity index is 1.80. The summed E-state index contributed by atoms with van der Waals surface area (Å²) in [5, 5.41) is 14.3. The lowest BCUT2D eigenvalue weighted by Crippen LogP contribution is -2.43. The van der Waals surface area contributed by atoms with E-state index in [1.165, 1.54) is 25.3 Å². The number of methoxy groups -OCH3 is 1. The van der Waals surface area contributed by atoms with Gasteiger partial charge in [0, 0.05) is 31.3 Å². The second-order valence-corrected chi connectivity index (χ2v) is 6.49. The summed E-state index contributed by atoms with van der Waals surface area (Å²) in [6.45, 7) is 3.57. The molecule has 1 saturated heterocycles. The maximum atomic E-state index is 12.8. The average Bonchev–Trinajstić information content (AvgIpc) is 2.74. The molecule has 8 heteroatoms. The van der Waals surface area contributed by atoms with E-state index in [1.807, 2.05) is 30.3 Å². The normalized spacial score (nSPS) is 15.6. The second kappa shape index (κ2) is 9.29. The topological polar surface area (TPSA) is 93.9 Å². The van der Waals surface area contributed by atoms with Crippen LogP contribution < -0.4 is 10.1 Å². The molecule has 3 rings (SSSR count). The fourth-order valence-electron chi connectivity index (χ4n) is 3.18. The monoisotopic (exact) mass is 385 g/mol. The number of nitrogens with zero attached hydrogens (tertiary/aromatic N) is 2. The fourth-order valence-corrected chi connectivity index (χ4v) is 3.18. The maximum absolute atomic E-state index is 12.8. The minimum Gasteiger partial charge on any atom is -0.490 e. The first-order valence-corrected chi connectivity index (χ1v) is 9.07. The third kappa shape index (κ3) is 4.85. The van der Waals surface area contributed by atoms with Crippen LogP contribution in [0.2, 0.25) is 0 Å². The van der Waals surface area contributed by atoms with E-state index in [9.17, 15) is 14.9 Å². The largest absolute Gasteiger partial charge is 0.490 e. The molecule has 1 N–H and O–H groups in total. The molecule has 0 saturated carbocycles. The molecule has 0 bridgehead atoms. The van der Waals surface area contributed by atoms with Gasteiger partial charge in [-0.15, -0.1) is 0 Å². The number of carbonyl (C=O) groups excluding carboxylic acids is 1. The van der Waals surface area contributed by atoms with Gasteiger partial charge in [0.05, 0.1) is 31.3 Å². The van der Waals surface area contributed by atoms with Crippen molar-refractivity contribution >= 4 is 11.6 Å². The molecule has 1 amide bonds. The maximum Gasteiger partial charge on any atom is 0.311 e. The van der Waals surface area contributed by atoms with Crippen LogP contribution in [0.15, 0.2) is 48.5 Å². The zero-order valence-electron chi connectivity index (χ0n) is 15.7. The zero-order valence-corrected chi connectivity index (χ0v) is 15.7. The van der Waals surface area contributed by atoms with Crippen LogP contribution in [0, 0.1) is 10.1 Å². The van der Waals surface area contributed by atoms with Crippen molar-refractivity contribution in [2.75, 3.05) is 40.0 Å². The van der Waals surface area contributed by atoms with E-state index in [2.05, 4.69) is 10.2 Å². The first kappa shape index (κ1) is 19.8. The van der Waals surface area contributed by atoms with Crippen LogP contribution in [0.4, 0.5) is 5.69 Å². The fraction of sp³-hybridized carbons (Fsp3) is 0.350. The Labute approximate surface area is 163 Å². The molecule has 8 nitrogen and oxygen atoms in total. The van der Waals surface area contributed by atoms with Gasteiger partial charge in [0.25, 0.3) is 5.91 Å². The number of hydrogen-bond acceptors (Lipinski definition) is 6. The standard InChI is InChI=1S/C20H23N3O5/c1-27-19-8-7-16(13-18(19)23(25)26)20(24)21-17(15-5-3-2-4-6-15)14-22-9-11-28-12-10-22/h2-8,13,17H,9-12,14H2,1H3,(H,21,24). The van der Waals surface area contributed by atoms with Crippen LogP contribution in [0.5, 0.6) is 5.75 Å². The quantitative estimate of drug-likeness (QED) is 0.581. The van der Waals surface area contributed by atoms with E-state index in [4.69, 9.17) is 9.47 Å². The number of carbonyl (C=O) groups is 1. The molecule has 0 aromatic heterocycles. The third-order valence-electron chi connectivity index (χ3n) is 4.69. The number of morpholine rings is 1. The summed E-state index contributed by atoms with van der Waals surface area (Å²) < 4.78 is 10.4. The Morgan fingerprint density at radius 1 is 1.25 bits per heavy atom. The van der Waals surface area contributed by atoms with Gasteiger partial charge in [-0.25, -0.2) is 0 Å². The average molecular weight is 385 g/mol. The Bertz CT molecular complexity index is 822. The van der Waals surface area contributed by atoms with Gasteiger partial charge in [0.1, 0.15) is 0 Å². The van der Waals surface area contributed by atoms with Crippen LogP contribution in [0.25, 0.3) is 0 Å². The van der Waals surface area contributed by atoms with E-state index in [1.54, 1.807) is 0 Å². The van der Waals surface area contributed by atoms with Gasteiger partial charge in [-0.2, -0.15) is 0 Å². The molecule has 1 heterocycles. The first-order chi connectivity index (χ1) is 13.6. The molecule has 1 fully saturated rings. The van der Waals surface area contributed by atoms with Crippen molar-refractivity contribution in [3.05, 3.63) is 69.8 Å². The molecule has 2 aromatic rings. The lowest BCUT2D eigenvalue weighted by molar-refractivity contribution is -0.385. The van der Waals surface area contributed by atoms with Crippen molar-refractivity contribution in [3.63, 3.8) is 0 Å². The van der Waals surface area contributed by atoms with E-state index >= 15 is 0 Å². The predicted molar refractivity (Wildman–Crippen MR) is 104 cm³/mol. The molecule has 1 unspecified atom stereocenters. The van der Waals surface area contributed by atoms with E-state index < -0.39 is 4.92 Å². The minimum atomic E-state index is -0.558. The highest BCUT2D eigenvalue weighted by Crippen LogP contribution is 2.28. The molecular weight excluding hydrogens is 362 g/mol. The Morgan fingerprint density at radius 2 is 1.96 bits per heavy atom. The van der Waals surface area contributed by atoms with Gasteiger partial charge in [-0.05, 0) is 17.7 Å². The van der Waals surface area contributed by atoms with Crippen LogP contribution in [0.1, 0.15) is 22.0 Å². The Morgan fingerprint density at radius 3 is 2.61 bits per heavy atom. The Hall–Kier alpha value is -2.97. The second-order valence-electron chi connectivity index (χ2n) is 6.49.